The summed E-state index contributed by atoms with van der Waals surface area (Å²) in [5, 5.41) is 2.70. The molecule has 2 aromatic carbocycles. The molecule has 5 heteroatoms. The Morgan fingerprint density at radius 1 is 1.20 bits per heavy atom. The van der Waals surface area contributed by atoms with Crippen LogP contribution in [-0.4, -0.2) is 19.1 Å². The number of hydrogen-bond acceptors (Lipinski definition) is 3. The lowest BCUT2D eigenvalue weighted by atomic mass is 10.2. The van der Waals surface area contributed by atoms with E-state index in [2.05, 4.69) is 5.32 Å². The molecule has 0 aliphatic carbocycles. The normalized spacial score (nSPS) is 10.1. The molecule has 0 saturated heterocycles. The van der Waals surface area contributed by atoms with Crippen LogP contribution in [0, 0.1) is 5.82 Å². The average Bonchev–Trinajstić information content (AvgIpc) is 2.43. The largest absolute Gasteiger partial charge is 0.492 e. The first kappa shape index (κ1) is 13.9. The van der Waals surface area contributed by atoms with E-state index in [4.69, 9.17) is 10.5 Å². The second kappa shape index (κ2) is 6.56. The van der Waals surface area contributed by atoms with Crippen LogP contribution in [0.5, 0.6) is 5.75 Å². The maximum Gasteiger partial charge on any atom is 0.251 e. The Bertz CT molecular complexity index is 602. The van der Waals surface area contributed by atoms with Crippen LogP contribution in [0.4, 0.5) is 10.1 Å². The molecular weight excluding hydrogens is 259 g/mol. The third kappa shape index (κ3) is 3.98. The smallest absolute Gasteiger partial charge is 0.251 e. The van der Waals surface area contributed by atoms with Crippen molar-refractivity contribution >= 4 is 11.6 Å². The van der Waals surface area contributed by atoms with Crippen LogP contribution >= 0.6 is 0 Å². The highest BCUT2D eigenvalue weighted by molar-refractivity contribution is 5.94. The van der Waals surface area contributed by atoms with Gasteiger partial charge >= 0.3 is 0 Å². The molecule has 0 aromatic heterocycles. The number of ether oxygens (including phenoxy) is 1. The molecule has 0 saturated carbocycles. The van der Waals surface area contributed by atoms with Crippen molar-refractivity contribution in [1.82, 2.24) is 5.32 Å². The van der Waals surface area contributed by atoms with E-state index in [0.29, 0.717) is 23.5 Å². The van der Waals surface area contributed by atoms with Crippen LogP contribution in [-0.2, 0) is 0 Å². The third-order valence-corrected chi connectivity index (χ3v) is 2.60. The van der Waals surface area contributed by atoms with Gasteiger partial charge in [0.05, 0.1) is 6.54 Å². The fourth-order valence-electron chi connectivity index (χ4n) is 1.67. The number of halogens is 1. The molecule has 0 aliphatic rings. The number of rotatable bonds is 5. The molecule has 0 unspecified atom stereocenters. The van der Waals surface area contributed by atoms with Crippen LogP contribution in [0.25, 0.3) is 0 Å². The van der Waals surface area contributed by atoms with Crippen LogP contribution in [0.2, 0.25) is 0 Å². The number of nitrogen functional groups attached to an aromatic ring is 1. The van der Waals surface area contributed by atoms with Gasteiger partial charge in [-0.15, -0.1) is 0 Å². The SMILES string of the molecule is Nc1cccc(C(=O)NCCOc2cccc(F)c2)c1. The molecular formula is C15H15FN2O2. The van der Waals surface area contributed by atoms with Crippen molar-refractivity contribution in [2.24, 2.45) is 0 Å². The topological polar surface area (TPSA) is 64.4 Å². The summed E-state index contributed by atoms with van der Waals surface area (Å²) in [6.45, 7) is 0.585. The zero-order chi connectivity index (χ0) is 14.4. The van der Waals surface area contributed by atoms with Crippen molar-refractivity contribution < 1.29 is 13.9 Å². The van der Waals surface area contributed by atoms with Crippen molar-refractivity contribution in [3.8, 4) is 5.75 Å². The fourth-order valence-corrected chi connectivity index (χ4v) is 1.67. The summed E-state index contributed by atoms with van der Waals surface area (Å²) in [4.78, 5) is 11.8. The summed E-state index contributed by atoms with van der Waals surface area (Å²) < 4.78 is 18.2. The number of anilines is 1. The van der Waals surface area contributed by atoms with E-state index in [0.717, 1.165) is 0 Å². The Balaban J connectivity index is 1.77. The molecule has 0 fully saturated rings. The van der Waals surface area contributed by atoms with Crippen molar-refractivity contribution in [3.05, 3.63) is 59.9 Å². The lowest BCUT2D eigenvalue weighted by molar-refractivity contribution is 0.0947. The van der Waals surface area contributed by atoms with Gasteiger partial charge in [0.1, 0.15) is 18.2 Å². The lowest BCUT2D eigenvalue weighted by Gasteiger charge is -2.08. The van der Waals surface area contributed by atoms with E-state index >= 15 is 0 Å². The minimum Gasteiger partial charge on any atom is -0.492 e. The first-order valence-electron chi connectivity index (χ1n) is 6.17. The van der Waals surface area contributed by atoms with Gasteiger partial charge < -0.3 is 15.8 Å². The molecule has 0 atom stereocenters. The van der Waals surface area contributed by atoms with Crippen LogP contribution < -0.4 is 15.8 Å². The number of carbonyl (C=O) groups is 1. The number of nitrogens with two attached hydrogens (primary N) is 1. The highest BCUT2D eigenvalue weighted by atomic mass is 19.1. The summed E-state index contributed by atoms with van der Waals surface area (Å²) in [5.74, 6) is -0.144. The number of amides is 1. The van der Waals surface area contributed by atoms with E-state index in [9.17, 15) is 9.18 Å². The Morgan fingerprint density at radius 3 is 2.75 bits per heavy atom. The molecule has 104 valence electrons. The monoisotopic (exact) mass is 274 g/mol. The summed E-state index contributed by atoms with van der Waals surface area (Å²) in [6, 6.07) is 12.6. The van der Waals surface area contributed by atoms with Crippen LogP contribution in [0.1, 0.15) is 10.4 Å². The quantitative estimate of drug-likeness (QED) is 0.649. The minimum absolute atomic E-state index is 0.222. The molecule has 4 nitrogen and oxygen atoms in total. The van der Waals surface area contributed by atoms with Gasteiger partial charge in [0.25, 0.3) is 5.91 Å². The maximum atomic E-state index is 12.9. The van der Waals surface area contributed by atoms with Gasteiger partial charge in [-0.3, -0.25) is 4.79 Å². The summed E-state index contributed by atoms with van der Waals surface area (Å²) in [7, 11) is 0. The average molecular weight is 274 g/mol. The minimum atomic E-state index is -0.355. The number of hydrogen-bond donors (Lipinski definition) is 2. The van der Waals surface area contributed by atoms with E-state index < -0.39 is 0 Å². The van der Waals surface area contributed by atoms with Gasteiger partial charge in [0.15, 0.2) is 0 Å². The maximum absolute atomic E-state index is 12.9. The van der Waals surface area contributed by atoms with Gasteiger partial charge in [-0.05, 0) is 30.3 Å². The van der Waals surface area contributed by atoms with Crippen LogP contribution in [0.3, 0.4) is 0 Å². The van der Waals surface area contributed by atoms with Gasteiger partial charge in [0.2, 0.25) is 0 Å². The molecule has 1 amide bonds. The van der Waals surface area contributed by atoms with Crippen molar-refractivity contribution in [3.63, 3.8) is 0 Å². The molecule has 0 spiro atoms. The Morgan fingerprint density at radius 2 is 2.00 bits per heavy atom. The Hall–Kier alpha value is -2.56. The molecule has 0 aliphatic heterocycles. The van der Waals surface area contributed by atoms with E-state index in [1.807, 2.05) is 0 Å². The Kier molecular flexibility index (Phi) is 4.55. The third-order valence-electron chi connectivity index (χ3n) is 2.60. The lowest BCUT2D eigenvalue weighted by Crippen LogP contribution is -2.28. The number of carbonyl (C=O) groups excluding carboxylic acids is 1. The zero-order valence-electron chi connectivity index (χ0n) is 10.8. The van der Waals surface area contributed by atoms with E-state index in [-0.39, 0.29) is 18.3 Å². The van der Waals surface area contributed by atoms with Crippen molar-refractivity contribution in [1.29, 1.82) is 0 Å². The second-order valence-corrected chi connectivity index (χ2v) is 4.19. The van der Waals surface area contributed by atoms with Crippen LogP contribution in [0.15, 0.2) is 48.5 Å². The molecule has 2 aromatic rings. The van der Waals surface area contributed by atoms with E-state index in [1.54, 1.807) is 36.4 Å². The second-order valence-electron chi connectivity index (χ2n) is 4.19. The predicted molar refractivity (Wildman–Crippen MR) is 75.1 cm³/mol. The molecule has 0 heterocycles. The van der Waals surface area contributed by atoms with Gasteiger partial charge in [-0.2, -0.15) is 0 Å². The van der Waals surface area contributed by atoms with Gasteiger partial charge in [-0.25, -0.2) is 4.39 Å². The highest BCUT2D eigenvalue weighted by Crippen LogP contribution is 2.11. The van der Waals surface area contributed by atoms with Crippen molar-refractivity contribution in [2.45, 2.75) is 0 Å². The zero-order valence-corrected chi connectivity index (χ0v) is 10.8. The first-order chi connectivity index (χ1) is 9.65. The highest BCUT2D eigenvalue weighted by Gasteiger charge is 2.04. The van der Waals surface area contributed by atoms with Crippen molar-refractivity contribution in [2.75, 3.05) is 18.9 Å². The summed E-state index contributed by atoms with van der Waals surface area (Å²) >= 11 is 0. The number of benzene rings is 2. The molecule has 0 bridgehead atoms. The standard InChI is InChI=1S/C15H15FN2O2/c16-12-4-2-6-14(10-12)20-8-7-18-15(19)11-3-1-5-13(17)9-11/h1-6,9-10H,7-8,17H2,(H,18,19). The predicted octanol–water partition coefficient (Wildman–Crippen LogP) is 2.22. The summed E-state index contributed by atoms with van der Waals surface area (Å²) in [5.41, 5.74) is 6.63. The fraction of sp³-hybridized carbons (Fsp3) is 0.133. The van der Waals surface area contributed by atoms with Gasteiger partial charge in [-0.1, -0.05) is 12.1 Å². The Labute approximate surface area is 116 Å². The summed E-state index contributed by atoms with van der Waals surface area (Å²) in [6.07, 6.45) is 0. The number of nitrogens with one attached hydrogen (secondary N) is 1. The first-order valence-corrected chi connectivity index (χ1v) is 6.17. The molecule has 2 rings (SSSR count). The molecule has 20 heavy (non-hydrogen) atoms. The molecule has 0 radical (unpaired) electrons. The van der Waals surface area contributed by atoms with E-state index in [1.165, 1.54) is 12.1 Å². The van der Waals surface area contributed by atoms with Gasteiger partial charge in [0, 0.05) is 17.3 Å². The molecule has 3 N–H and O–H groups in total.